The first-order chi connectivity index (χ1) is 15.8. The van der Waals surface area contributed by atoms with Crippen LogP contribution in [0, 0.1) is 5.92 Å². The number of rotatable bonds is 3. The van der Waals surface area contributed by atoms with E-state index < -0.39 is 0 Å². The Hall–Kier alpha value is -3.42. The summed E-state index contributed by atoms with van der Waals surface area (Å²) >= 11 is 0. The van der Waals surface area contributed by atoms with Crippen molar-refractivity contribution in [2.24, 2.45) is 5.92 Å². The van der Waals surface area contributed by atoms with Crippen LogP contribution >= 0.6 is 0 Å². The van der Waals surface area contributed by atoms with Crippen molar-refractivity contribution < 1.29 is 9.21 Å². The van der Waals surface area contributed by atoms with Crippen LogP contribution in [0.1, 0.15) is 37.4 Å². The Labute approximate surface area is 185 Å². The molecular formula is C24H26N6O2. The summed E-state index contributed by atoms with van der Waals surface area (Å²) in [6.45, 7) is 3.17. The first-order valence-electron chi connectivity index (χ1n) is 11.5. The molecule has 0 N–H and O–H groups in total. The lowest BCUT2D eigenvalue weighted by atomic mass is 9.92. The van der Waals surface area contributed by atoms with E-state index in [1.807, 2.05) is 48.7 Å². The first-order valence-corrected chi connectivity index (χ1v) is 11.5. The molecule has 2 saturated heterocycles. The summed E-state index contributed by atoms with van der Waals surface area (Å²) in [5.41, 5.74) is 2.57. The van der Waals surface area contributed by atoms with E-state index in [9.17, 15) is 4.79 Å². The summed E-state index contributed by atoms with van der Waals surface area (Å²) < 4.78 is 7.98. The quantitative estimate of drug-likeness (QED) is 0.495. The Morgan fingerprint density at radius 3 is 2.50 bits per heavy atom. The normalized spacial score (nSPS) is 18.6. The minimum atomic E-state index is 0.0844. The number of carbonyl (C=O) groups excluding carboxylic acids is 1. The summed E-state index contributed by atoms with van der Waals surface area (Å²) in [5, 5.41) is 8.70. The molecule has 0 radical (unpaired) electrons. The van der Waals surface area contributed by atoms with E-state index in [0.29, 0.717) is 17.8 Å². The van der Waals surface area contributed by atoms with Crippen molar-refractivity contribution in [3.05, 3.63) is 54.5 Å². The Balaban J connectivity index is 1.06. The maximum atomic E-state index is 13.2. The van der Waals surface area contributed by atoms with Gasteiger partial charge in [0.05, 0.1) is 0 Å². The van der Waals surface area contributed by atoms with Gasteiger partial charge in [0, 0.05) is 44.2 Å². The molecule has 2 aliphatic heterocycles. The lowest BCUT2D eigenvalue weighted by Crippen LogP contribution is -2.45. The first kappa shape index (κ1) is 19.3. The summed E-state index contributed by atoms with van der Waals surface area (Å²) in [7, 11) is 0. The van der Waals surface area contributed by atoms with Gasteiger partial charge in [-0.2, -0.15) is 4.98 Å². The second kappa shape index (κ2) is 7.93. The molecule has 0 bridgehead atoms. The number of nitrogens with zero attached hydrogens (tertiary/aromatic N) is 6. The third-order valence-electron chi connectivity index (χ3n) is 6.91. The van der Waals surface area contributed by atoms with Crippen LogP contribution in [-0.2, 0) is 4.79 Å². The number of piperidine rings is 2. The molecule has 32 heavy (non-hydrogen) atoms. The molecule has 5 heterocycles. The van der Waals surface area contributed by atoms with Crippen LogP contribution in [0.2, 0.25) is 0 Å². The van der Waals surface area contributed by atoms with Gasteiger partial charge in [-0.05, 0) is 49.9 Å². The number of hydrogen-bond acceptors (Lipinski definition) is 6. The largest absolute Gasteiger partial charge is 0.423 e. The highest BCUT2D eigenvalue weighted by Gasteiger charge is 2.33. The molecule has 1 amide bonds. The number of anilines is 1. The fourth-order valence-electron chi connectivity index (χ4n) is 5.07. The van der Waals surface area contributed by atoms with Crippen molar-refractivity contribution in [1.29, 1.82) is 0 Å². The van der Waals surface area contributed by atoms with Gasteiger partial charge in [-0.3, -0.25) is 9.20 Å². The minimum absolute atomic E-state index is 0.0844. The standard InChI is InChI=1S/C24H26N6O2/c31-23(18-10-15-29(16-11-18)24-25-19-5-1-2-6-20(19)32-24)28-13-8-17(9-14-28)22-27-26-21-7-3-4-12-30(21)22/h1-7,12,17-18H,8-11,13-16H2. The fourth-order valence-corrected chi connectivity index (χ4v) is 5.07. The van der Waals surface area contributed by atoms with Gasteiger partial charge in [-0.1, -0.05) is 18.2 Å². The van der Waals surface area contributed by atoms with Crippen molar-refractivity contribution in [2.75, 3.05) is 31.1 Å². The molecule has 2 fully saturated rings. The Morgan fingerprint density at radius 2 is 1.69 bits per heavy atom. The highest BCUT2D eigenvalue weighted by Crippen LogP contribution is 2.31. The SMILES string of the molecule is O=C(C1CCN(c2nc3ccccc3o2)CC1)N1CCC(c2nnc3ccccn23)CC1. The summed E-state index contributed by atoms with van der Waals surface area (Å²) in [5.74, 6) is 1.74. The number of carbonyl (C=O) groups is 1. The molecular weight excluding hydrogens is 404 g/mol. The number of pyridine rings is 1. The average molecular weight is 431 g/mol. The van der Waals surface area contributed by atoms with Gasteiger partial charge >= 0.3 is 0 Å². The number of para-hydroxylation sites is 2. The van der Waals surface area contributed by atoms with E-state index in [2.05, 4.69) is 29.4 Å². The number of oxazole rings is 1. The second-order valence-corrected chi connectivity index (χ2v) is 8.81. The van der Waals surface area contributed by atoms with Crippen molar-refractivity contribution in [3.8, 4) is 0 Å². The average Bonchev–Trinajstić information content (AvgIpc) is 3.48. The van der Waals surface area contributed by atoms with Crippen molar-refractivity contribution in [1.82, 2.24) is 24.5 Å². The van der Waals surface area contributed by atoms with E-state index in [-0.39, 0.29) is 5.92 Å². The molecule has 0 unspecified atom stereocenters. The lowest BCUT2D eigenvalue weighted by Gasteiger charge is -2.36. The number of aromatic nitrogens is 4. The highest BCUT2D eigenvalue weighted by atomic mass is 16.4. The zero-order chi connectivity index (χ0) is 21.5. The second-order valence-electron chi connectivity index (χ2n) is 8.81. The summed E-state index contributed by atoms with van der Waals surface area (Å²) in [6.07, 6.45) is 5.57. The Morgan fingerprint density at radius 1 is 0.906 bits per heavy atom. The van der Waals surface area contributed by atoms with E-state index in [4.69, 9.17) is 4.42 Å². The fraction of sp³-hybridized carbons (Fsp3) is 0.417. The van der Waals surface area contributed by atoms with Gasteiger partial charge < -0.3 is 14.2 Å². The third kappa shape index (κ3) is 3.39. The van der Waals surface area contributed by atoms with E-state index in [1.165, 1.54) is 0 Å². The zero-order valence-electron chi connectivity index (χ0n) is 17.9. The van der Waals surface area contributed by atoms with E-state index in [1.54, 1.807) is 0 Å². The molecule has 8 nitrogen and oxygen atoms in total. The predicted molar refractivity (Wildman–Crippen MR) is 120 cm³/mol. The maximum Gasteiger partial charge on any atom is 0.298 e. The van der Waals surface area contributed by atoms with Crippen LogP contribution in [0.3, 0.4) is 0 Å². The predicted octanol–water partition coefficient (Wildman–Crippen LogP) is 3.49. The molecule has 3 aromatic heterocycles. The van der Waals surface area contributed by atoms with Crippen LogP contribution < -0.4 is 4.90 Å². The number of benzene rings is 1. The Bertz CT molecular complexity index is 1210. The minimum Gasteiger partial charge on any atom is -0.423 e. The number of likely N-dealkylation sites (tertiary alicyclic amines) is 1. The van der Waals surface area contributed by atoms with Crippen molar-refractivity contribution in [3.63, 3.8) is 0 Å². The molecule has 164 valence electrons. The highest BCUT2D eigenvalue weighted by molar-refractivity contribution is 5.79. The molecule has 0 atom stereocenters. The van der Waals surface area contributed by atoms with E-state index >= 15 is 0 Å². The zero-order valence-corrected chi connectivity index (χ0v) is 17.9. The van der Waals surface area contributed by atoms with Crippen LogP contribution in [0.25, 0.3) is 16.7 Å². The molecule has 4 aromatic rings. The number of fused-ring (bicyclic) bond motifs is 2. The number of amides is 1. The van der Waals surface area contributed by atoms with Gasteiger partial charge in [0.15, 0.2) is 11.2 Å². The Kier molecular flexibility index (Phi) is 4.78. The summed E-state index contributed by atoms with van der Waals surface area (Å²) in [6, 6.07) is 14.4. The molecule has 0 spiro atoms. The molecule has 1 aromatic carbocycles. The van der Waals surface area contributed by atoms with Gasteiger partial charge in [0.2, 0.25) is 5.91 Å². The maximum absolute atomic E-state index is 13.2. The molecule has 8 heteroatoms. The van der Waals surface area contributed by atoms with Crippen LogP contribution in [0.15, 0.2) is 53.1 Å². The molecule has 0 saturated carbocycles. The third-order valence-corrected chi connectivity index (χ3v) is 6.91. The topological polar surface area (TPSA) is 79.8 Å². The van der Waals surface area contributed by atoms with Crippen LogP contribution in [-0.4, -0.2) is 56.6 Å². The molecule has 0 aliphatic carbocycles. The van der Waals surface area contributed by atoms with Crippen LogP contribution in [0.4, 0.5) is 6.01 Å². The lowest BCUT2D eigenvalue weighted by molar-refractivity contribution is -0.137. The monoisotopic (exact) mass is 430 g/mol. The van der Waals surface area contributed by atoms with Crippen molar-refractivity contribution >= 4 is 28.7 Å². The smallest absolute Gasteiger partial charge is 0.298 e. The summed E-state index contributed by atoms with van der Waals surface area (Å²) in [4.78, 5) is 22.0. The van der Waals surface area contributed by atoms with Gasteiger partial charge in [0.1, 0.15) is 11.3 Å². The van der Waals surface area contributed by atoms with Gasteiger partial charge in [-0.25, -0.2) is 0 Å². The van der Waals surface area contributed by atoms with E-state index in [0.717, 1.165) is 74.4 Å². The van der Waals surface area contributed by atoms with Crippen LogP contribution in [0.5, 0.6) is 0 Å². The van der Waals surface area contributed by atoms with Crippen molar-refractivity contribution in [2.45, 2.75) is 31.6 Å². The van der Waals surface area contributed by atoms with Gasteiger partial charge in [-0.15, -0.1) is 10.2 Å². The number of hydrogen-bond donors (Lipinski definition) is 0. The van der Waals surface area contributed by atoms with Gasteiger partial charge in [0.25, 0.3) is 6.01 Å². The molecule has 2 aliphatic rings. The molecule has 6 rings (SSSR count).